The van der Waals surface area contributed by atoms with Gasteiger partial charge in [-0.3, -0.25) is 4.98 Å². The van der Waals surface area contributed by atoms with Crippen molar-refractivity contribution >= 4 is 28.0 Å². The van der Waals surface area contributed by atoms with Crippen molar-refractivity contribution in [2.75, 3.05) is 17.2 Å². The monoisotopic (exact) mass is 410 g/mol. The second-order valence-corrected chi connectivity index (χ2v) is 8.80. The molecule has 4 aromatic rings. The topological polar surface area (TPSA) is 52.7 Å². The third kappa shape index (κ3) is 3.78. The summed E-state index contributed by atoms with van der Waals surface area (Å²) in [6, 6.07) is 15.2. The second-order valence-electron chi connectivity index (χ2n) is 8.80. The lowest BCUT2D eigenvalue weighted by atomic mass is 10.1. The van der Waals surface area contributed by atoms with Crippen molar-refractivity contribution in [3.63, 3.8) is 0 Å². The van der Waals surface area contributed by atoms with E-state index in [1.807, 2.05) is 6.20 Å². The predicted molar refractivity (Wildman–Crippen MR) is 131 cm³/mol. The lowest BCUT2D eigenvalue weighted by Crippen LogP contribution is -2.06. The second kappa shape index (κ2) is 8.10. The Bertz CT molecular complexity index is 1240. The highest BCUT2D eigenvalue weighted by Crippen LogP contribution is 2.36. The first kappa shape index (κ1) is 19.7. The van der Waals surface area contributed by atoms with E-state index in [-0.39, 0.29) is 0 Å². The summed E-state index contributed by atoms with van der Waals surface area (Å²) in [7, 11) is 0. The molecule has 0 saturated carbocycles. The van der Waals surface area contributed by atoms with Gasteiger partial charge in [-0.15, -0.1) is 0 Å². The van der Waals surface area contributed by atoms with Gasteiger partial charge in [0.15, 0.2) is 0 Å². The van der Waals surface area contributed by atoms with E-state index in [9.17, 15) is 0 Å². The molecule has 5 rings (SSSR count). The summed E-state index contributed by atoms with van der Waals surface area (Å²) in [5, 5.41) is 8.57. The average Bonchev–Trinajstić information content (AvgIpc) is 3.35. The maximum absolute atomic E-state index is 4.60. The number of nitrogens with one attached hydrogen (secondary N) is 3. The van der Waals surface area contributed by atoms with Gasteiger partial charge in [0.25, 0.3) is 0 Å². The van der Waals surface area contributed by atoms with Gasteiger partial charge in [0.1, 0.15) is 0 Å². The van der Waals surface area contributed by atoms with Crippen molar-refractivity contribution in [1.29, 1.82) is 0 Å². The van der Waals surface area contributed by atoms with E-state index in [1.54, 1.807) is 0 Å². The molecule has 4 nitrogen and oxygen atoms in total. The zero-order valence-corrected chi connectivity index (χ0v) is 18.5. The van der Waals surface area contributed by atoms with Gasteiger partial charge in [0.05, 0.1) is 0 Å². The Balaban J connectivity index is 1.25. The highest BCUT2D eigenvalue weighted by molar-refractivity contribution is 5.85. The highest BCUT2D eigenvalue weighted by atomic mass is 14.9. The first-order valence-electron chi connectivity index (χ1n) is 11.2. The van der Waals surface area contributed by atoms with E-state index in [2.05, 4.69) is 90.0 Å². The molecule has 1 aliphatic rings. The van der Waals surface area contributed by atoms with Crippen LogP contribution in [0.2, 0.25) is 0 Å². The molecule has 2 aromatic carbocycles. The van der Waals surface area contributed by atoms with Gasteiger partial charge in [-0.1, -0.05) is 25.1 Å². The Morgan fingerprint density at radius 1 is 1.06 bits per heavy atom. The minimum atomic E-state index is 0.561. The molecular weight excluding hydrogens is 380 g/mol. The largest absolute Gasteiger partial charge is 0.384 e. The number of pyridine rings is 1. The Labute approximate surface area is 184 Å². The first-order chi connectivity index (χ1) is 15.1. The van der Waals surface area contributed by atoms with Crippen LogP contribution in [0, 0.1) is 13.8 Å². The molecule has 0 unspecified atom stereocenters. The minimum absolute atomic E-state index is 0.561. The standard InChI is InChI=1S/C27H30N4/c1-17-5-4-6-22-20(16-30-26(17)22)11-13-28-24-10-8-21(15-19(24)3)31-25-12-14-29-27-18(2)7-9-23(25)27/h4-6,8,10,12,14-16,18,28,30H,7,9,11,13H2,1-3H3,(H,29,31)/t18-/m0/s1. The summed E-state index contributed by atoms with van der Waals surface area (Å²) < 4.78 is 0. The van der Waals surface area contributed by atoms with Gasteiger partial charge in [-0.05, 0) is 85.5 Å². The summed E-state index contributed by atoms with van der Waals surface area (Å²) in [6.45, 7) is 7.50. The number of rotatable bonds is 6. The number of anilines is 3. The molecule has 1 atom stereocenters. The van der Waals surface area contributed by atoms with Crippen molar-refractivity contribution < 1.29 is 0 Å². The lowest BCUT2D eigenvalue weighted by Gasteiger charge is -2.14. The van der Waals surface area contributed by atoms with Crippen molar-refractivity contribution in [2.24, 2.45) is 0 Å². The Morgan fingerprint density at radius 2 is 1.97 bits per heavy atom. The number of hydrogen-bond acceptors (Lipinski definition) is 3. The number of aromatic nitrogens is 2. The van der Waals surface area contributed by atoms with E-state index in [4.69, 9.17) is 0 Å². The number of hydrogen-bond donors (Lipinski definition) is 3. The molecule has 2 heterocycles. The maximum Gasteiger partial charge on any atom is 0.0486 e. The first-order valence-corrected chi connectivity index (χ1v) is 11.2. The number of nitrogens with zero attached hydrogens (tertiary/aromatic N) is 1. The Kier molecular flexibility index (Phi) is 5.14. The molecule has 2 aromatic heterocycles. The number of para-hydroxylation sites is 1. The summed E-state index contributed by atoms with van der Waals surface area (Å²) >= 11 is 0. The van der Waals surface area contributed by atoms with Crippen LogP contribution in [0.4, 0.5) is 17.1 Å². The van der Waals surface area contributed by atoms with Crippen LogP contribution in [0.15, 0.2) is 54.9 Å². The molecule has 0 amide bonds. The zero-order valence-electron chi connectivity index (χ0n) is 18.5. The zero-order chi connectivity index (χ0) is 21.4. The molecule has 158 valence electrons. The Hall–Kier alpha value is -3.27. The molecule has 0 radical (unpaired) electrons. The number of fused-ring (bicyclic) bond motifs is 2. The fraction of sp³-hybridized carbons (Fsp3) is 0.296. The summed E-state index contributed by atoms with van der Waals surface area (Å²) in [5.74, 6) is 0.561. The molecule has 0 spiro atoms. The third-order valence-corrected chi connectivity index (χ3v) is 6.61. The van der Waals surface area contributed by atoms with Crippen LogP contribution < -0.4 is 10.6 Å². The molecule has 0 bridgehead atoms. The van der Waals surface area contributed by atoms with Crippen LogP contribution in [0.1, 0.15) is 47.2 Å². The van der Waals surface area contributed by atoms with Crippen LogP contribution >= 0.6 is 0 Å². The molecule has 4 heteroatoms. The van der Waals surface area contributed by atoms with Crippen molar-refractivity contribution in [1.82, 2.24) is 9.97 Å². The summed E-state index contributed by atoms with van der Waals surface area (Å²) in [4.78, 5) is 8.03. The summed E-state index contributed by atoms with van der Waals surface area (Å²) in [6.07, 6.45) is 7.37. The number of aromatic amines is 1. The van der Waals surface area contributed by atoms with Crippen LogP contribution in [-0.4, -0.2) is 16.5 Å². The van der Waals surface area contributed by atoms with Crippen LogP contribution in [-0.2, 0) is 12.8 Å². The van der Waals surface area contributed by atoms with E-state index < -0.39 is 0 Å². The Morgan fingerprint density at radius 3 is 2.84 bits per heavy atom. The summed E-state index contributed by atoms with van der Waals surface area (Å²) in [5.41, 5.74) is 11.3. The number of benzene rings is 2. The fourth-order valence-corrected chi connectivity index (χ4v) is 4.81. The van der Waals surface area contributed by atoms with Gasteiger partial charge >= 0.3 is 0 Å². The van der Waals surface area contributed by atoms with E-state index in [0.29, 0.717) is 5.92 Å². The van der Waals surface area contributed by atoms with Crippen LogP contribution in [0.25, 0.3) is 10.9 Å². The van der Waals surface area contributed by atoms with Gasteiger partial charge in [-0.25, -0.2) is 0 Å². The maximum atomic E-state index is 4.60. The number of H-pyrrole nitrogens is 1. The molecule has 3 N–H and O–H groups in total. The SMILES string of the molecule is Cc1cc(Nc2ccnc3c2CC[C@@H]3C)ccc1NCCc1c[nH]c2c(C)cccc12. The van der Waals surface area contributed by atoms with Crippen molar-refractivity contribution in [3.05, 3.63) is 82.8 Å². The normalized spacial score (nSPS) is 15.3. The van der Waals surface area contributed by atoms with Gasteiger partial charge in [-0.2, -0.15) is 0 Å². The third-order valence-electron chi connectivity index (χ3n) is 6.61. The van der Waals surface area contributed by atoms with E-state index in [0.717, 1.165) is 25.1 Å². The molecule has 0 saturated heterocycles. The van der Waals surface area contributed by atoms with Gasteiger partial charge < -0.3 is 15.6 Å². The van der Waals surface area contributed by atoms with Crippen LogP contribution in [0.3, 0.4) is 0 Å². The lowest BCUT2D eigenvalue weighted by molar-refractivity contribution is 0.731. The molecule has 1 aliphatic carbocycles. The fourth-order valence-electron chi connectivity index (χ4n) is 4.81. The minimum Gasteiger partial charge on any atom is -0.384 e. The molecular formula is C27H30N4. The van der Waals surface area contributed by atoms with Gasteiger partial charge in [0.2, 0.25) is 0 Å². The highest BCUT2D eigenvalue weighted by Gasteiger charge is 2.22. The van der Waals surface area contributed by atoms with Gasteiger partial charge in [0, 0.05) is 52.6 Å². The predicted octanol–water partition coefficient (Wildman–Crippen LogP) is 6.63. The van der Waals surface area contributed by atoms with Crippen LogP contribution in [0.5, 0.6) is 0 Å². The molecule has 0 aliphatic heterocycles. The number of aryl methyl sites for hydroxylation is 2. The van der Waals surface area contributed by atoms with Crippen molar-refractivity contribution in [2.45, 2.75) is 46.0 Å². The average molecular weight is 411 g/mol. The van der Waals surface area contributed by atoms with E-state index in [1.165, 1.54) is 56.6 Å². The van der Waals surface area contributed by atoms with Crippen molar-refractivity contribution in [3.8, 4) is 0 Å². The smallest absolute Gasteiger partial charge is 0.0486 e. The molecule has 0 fully saturated rings. The molecule has 31 heavy (non-hydrogen) atoms. The van der Waals surface area contributed by atoms with E-state index >= 15 is 0 Å². The quantitative estimate of drug-likeness (QED) is 0.334.